The summed E-state index contributed by atoms with van der Waals surface area (Å²) in [7, 11) is 1.66. The van der Waals surface area contributed by atoms with E-state index >= 15 is 0 Å². The Balaban J connectivity index is 1.61. The molecule has 0 saturated heterocycles. The molecule has 3 rings (SSSR count). The molecule has 122 valence electrons. The fourth-order valence-corrected chi connectivity index (χ4v) is 2.54. The highest BCUT2D eigenvalue weighted by atomic mass is 16.5. The second-order valence-electron chi connectivity index (χ2n) is 5.54. The third kappa shape index (κ3) is 4.08. The van der Waals surface area contributed by atoms with Gasteiger partial charge in [-0.2, -0.15) is 5.10 Å². The SMILES string of the molecule is COCc1cccc(CC(=O)Nc2ccc(-c3cn[nH]c3)cc2)c1. The molecule has 0 spiro atoms. The van der Waals surface area contributed by atoms with Gasteiger partial charge in [-0.15, -0.1) is 0 Å². The Labute approximate surface area is 140 Å². The van der Waals surface area contributed by atoms with Crippen LogP contribution in [0.3, 0.4) is 0 Å². The van der Waals surface area contributed by atoms with Crippen molar-refractivity contribution in [3.63, 3.8) is 0 Å². The second-order valence-corrected chi connectivity index (χ2v) is 5.54. The molecular weight excluding hydrogens is 302 g/mol. The van der Waals surface area contributed by atoms with Gasteiger partial charge in [-0.3, -0.25) is 9.89 Å². The zero-order valence-corrected chi connectivity index (χ0v) is 13.5. The monoisotopic (exact) mass is 321 g/mol. The van der Waals surface area contributed by atoms with Gasteiger partial charge in [0.25, 0.3) is 0 Å². The number of hydrogen-bond acceptors (Lipinski definition) is 3. The van der Waals surface area contributed by atoms with Gasteiger partial charge in [-0.1, -0.05) is 36.4 Å². The third-order valence-electron chi connectivity index (χ3n) is 3.67. The van der Waals surface area contributed by atoms with Gasteiger partial charge >= 0.3 is 0 Å². The van der Waals surface area contributed by atoms with Crippen molar-refractivity contribution in [1.82, 2.24) is 10.2 Å². The predicted octanol–water partition coefficient (Wildman–Crippen LogP) is 3.40. The van der Waals surface area contributed by atoms with Crippen LogP contribution in [0, 0.1) is 0 Å². The summed E-state index contributed by atoms with van der Waals surface area (Å²) in [5.41, 5.74) is 4.88. The minimum absolute atomic E-state index is 0.0411. The van der Waals surface area contributed by atoms with Crippen LogP contribution in [0.15, 0.2) is 60.9 Å². The summed E-state index contributed by atoms with van der Waals surface area (Å²) in [4.78, 5) is 12.2. The van der Waals surface area contributed by atoms with Gasteiger partial charge in [-0.25, -0.2) is 0 Å². The first-order valence-corrected chi connectivity index (χ1v) is 7.70. The molecule has 5 heteroatoms. The van der Waals surface area contributed by atoms with Crippen molar-refractivity contribution in [3.8, 4) is 11.1 Å². The van der Waals surface area contributed by atoms with E-state index in [9.17, 15) is 4.79 Å². The number of amides is 1. The third-order valence-corrected chi connectivity index (χ3v) is 3.67. The lowest BCUT2D eigenvalue weighted by Crippen LogP contribution is -2.14. The Kier molecular flexibility index (Phi) is 5.03. The highest BCUT2D eigenvalue weighted by Gasteiger charge is 2.06. The summed E-state index contributed by atoms with van der Waals surface area (Å²) in [5.74, 6) is -0.0411. The first kappa shape index (κ1) is 16.0. The summed E-state index contributed by atoms with van der Waals surface area (Å²) in [5, 5.41) is 9.64. The molecule has 0 fully saturated rings. The molecule has 1 heterocycles. The van der Waals surface area contributed by atoms with Crippen LogP contribution in [0.25, 0.3) is 11.1 Å². The highest BCUT2D eigenvalue weighted by molar-refractivity contribution is 5.92. The van der Waals surface area contributed by atoms with Crippen molar-refractivity contribution >= 4 is 11.6 Å². The second kappa shape index (κ2) is 7.57. The largest absolute Gasteiger partial charge is 0.380 e. The van der Waals surface area contributed by atoms with Crippen LogP contribution >= 0.6 is 0 Å². The van der Waals surface area contributed by atoms with E-state index in [0.717, 1.165) is 27.9 Å². The Hall–Kier alpha value is -2.92. The molecule has 24 heavy (non-hydrogen) atoms. The number of H-pyrrole nitrogens is 1. The molecule has 0 bridgehead atoms. The summed E-state index contributed by atoms with van der Waals surface area (Å²) in [6.45, 7) is 0.547. The van der Waals surface area contributed by atoms with Gasteiger partial charge in [0, 0.05) is 24.6 Å². The minimum atomic E-state index is -0.0411. The number of anilines is 1. The van der Waals surface area contributed by atoms with Gasteiger partial charge in [0.15, 0.2) is 0 Å². The van der Waals surface area contributed by atoms with Gasteiger partial charge in [0.1, 0.15) is 0 Å². The number of carbonyl (C=O) groups is 1. The number of benzene rings is 2. The molecular formula is C19H19N3O2. The first-order chi connectivity index (χ1) is 11.7. The van der Waals surface area contributed by atoms with Crippen LogP contribution in [0.4, 0.5) is 5.69 Å². The predicted molar refractivity (Wildman–Crippen MR) is 93.5 cm³/mol. The van der Waals surface area contributed by atoms with E-state index in [1.54, 1.807) is 13.3 Å². The van der Waals surface area contributed by atoms with Crippen LogP contribution in [-0.2, 0) is 22.6 Å². The summed E-state index contributed by atoms with van der Waals surface area (Å²) < 4.78 is 5.12. The van der Waals surface area contributed by atoms with Gasteiger partial charge in [0.05, 0.1) is 19.2 Å². The Morgan fingerprint density at radius 1 is 1.12 bits per heavy atom. The molecule has 0 aliphatic heterocycles. The minimum Gasteiger partial charge on any atom is -0.380 e. The number of rotatable bonds is 6. The summed E-state index contributed by atoms with van der Waals surface area (Å²) >= 11 is 0. The van der Waals surface area contributed by atoms with Crippen molar-refractivity contribution in [2.24, 2.45) is 0 Å². The number of nitrogens with one attached hydrogen (secondary N) is 2. The van der Waals surface area contributed by atoms with E-state index in [4.69, 9.17) is 4.74 Å². The molecule has 0 aliphatic carbocycles. The molecule has 1 amide bonds. The van der Waals surface area contributed by atoms with E-state index < -0.39 is 0 Å². The maximum atomic E-state index is 12.2. The molecule has 1 aromatic heterocycles. The lowest BCUT2D eigenvalue weighted by molar-refractivity contribution is -0.115. The van der Waals surface area contributed by atoms with Gasteiger partial charge in [0.2, 0.25) is 5.91 Å². The molecule has 0 unspecified atom stereocenters. The fourth-order valence-electron chi connectivity index (χ4n) is 2.54. The first-order valence-electron chi connectivity index (χ1n) is 7.70. The smallest absolute Gasteiger partial charge is 0.228 e. The topological polar surface area (TPSA) is 67.0 Å². The van der Waals surface area contributed by atoms with E-state index in [2.05, 4.69) is 15.5 Å². The molecule has 0 saturated carbocycles. The molecule has 3 aromatic rings. The zero-order valence-electron chi connectivity index (χ0n) is 13.5. The van der Waals surface area contributed by atoms with E-state index in [-0.39, 0.29) is 5.91 Å². The van der Waals surface area contributed by atoms with E-state index in [0.29, 0.717) is 13.0 Å². The Morgan fingerprint density at radius 3 is 2.62 bits per heavy atom. The molecule has 2 N–H and O–H groups in total. The number of ether oxygens (including phenoxy) is 1. The fraction of sp³-hybridized carbons (Fsp3) is 0.158. The lowest BCUT2D eigenvalue weighted by atomic mass is 10.1. The number of nitrogens with zero attached hydrogens (tertiary/aromatic N) is 1. The van der Waals surface area contributed by atoms with Crippen molar-refractivity contribution in [3.05, 3.63) is 72.1 Å². The van der Waals surface area contributed by atoms with Crippen LogP contribution in [0.1, 0.15) is 11.1 Å². The zero-order chi connectivity index (χ0) is 16.8. The number of carbonyl (C=O) groups excluding carboxylic acids is 1. The van der Waals surface area contributed by atoms with Crippen LogP contribution in [-0.4, -0.2) is 23.2 Å². The van der Waals surface area contributed by atoms with Gasteiger partial charge in [-0.05, 0) is 28.8 Å². The Bertz CT molecular complexity index is 796. The normalized spacial score (nSPS) is 10.5. The summed E-state index contributed by atoms with van der Waals surface area (Å²) in [6, 6.07) is 15.6. The molecule has 5 nitrogen and oxygen atoms in total. The number of aromatic nitrogens is 2. The van der Waals surface area contributed by atoms with Crippen molar-refractivity contribution in [2.45, 2.75) is 13.0 Å². The standard InChI is InChI=1S/C19H19N3O2/c1-24-13-15-4-2-3-14(9-15)10-19(23)22-18-7-5-16(6-8-18)17-11-20-21-12-17/h2-9,11-12H,10,13H2,1H3,(H,20,21)(H,22,23). The molecule has 2 aromatic carbocycles. The molecule has 0 radical (unpaired) electrons. The van der Waals surface area contributed by atoms with Crippen molar-refractivity contribution in [1.29, 1.82) is 0 Å². The Morgan fingerprint density at radius 2 is 1.92 bits per heavy atom. The molecule has 0 atom stereocenters. The van der Waals surface area contributed by atoms with E-state index in [1.165, 1.54) is 0 Å². The average molecular weight is 321 g/mol. The molecule has 0 aliphatic rings. The number of methoxy groups -OCH3 is 1. The quantitative estimate of drug-likeness (QED) is 0.731. The van der Waals surface area contributed by atoms with E-state index in [1.807, 2.05) is 54.7 Å². The number of aromatic amines is 1. The lowest BCUT2D eigenvalue weighted by Gasteiger charge is -2.07. The van der Waals surface area contributed by atoms with Gasteiger partial charge < -0.3 is 10.1 Å². The maximum absolute atomic E-state index is 12.2. The van der Waals surface area contributed by atoms with Crippen LogP contribution < -0.4 is 5.32 Å². The van der Waals surface area contributed by atoms with Crippen molar-refractivity contribution < 1.29 is 9.53 Å². The van der Waals surface area contributed by atoms with Crippen molar-refractivity contribution in [2.75, 3.05) is 12.4 Å². The summed E-state index contributed by atoms with van der Waals surface area (Å²) in [6.07, 6.45) is 3.93. The van der Waals surface area contributed by atoms with Crippen LogP contribution in [0.5, 0.6) is 0 Å². The van der Waals surface area contributed by atoms with Crippen LogP contribution in [0.2, 0.25) is 0 Å². The highest BCUT2D eigenvalue weighted by Crippen LogP contribution is 2.20. The average Bonchev–Trinajstić information content (AvgIpc) is 3.10. The maximum Gasteiger partial charge on any atom is 0.228 e. The number of hydrogen-bond donors (Lipinski definition) is 2.